The van der Waals surface area contributed by atoms with E-state index in [4.69, 9.17) is 16.3 Å². The average molecular weight is 805 g/mol. The number of fused-ring (bicyclic) bond motifs is 9. The van der Waals surface area contributed by atoms with Gasteiger partial charge in [0.05, 0.1) is 40.2 Å². The maximum Gasteiger partial charge on any atom is 0.282 e. The zero-order valence-electron chi connectivity index (χ0n) is 33.3. The highest BCUT2D eigenvalue weighted by atomic mass is 35.5. The zero-order chi connectivity index (χ0) is 40.5. The molecule has 4 amide bonds. The van der Waals surface area contributed by atoms with Crippen molar-refractivity contribution in [2.24, 2.45) is 0 Å². The number of amides is 4. The minimum Gasteiger partial charge on any atom is -0.492 e. The van der Waals surface area contributed by atoms with Gasteiger partial charge in [0.1, 0.15) is 17.6 Å². The third-order valence-electron chi connectivity index (χ3n) is 13.6. The molecule has 6 aliphatic rings. The number of likely N-dealkylation sites (tertiary alicyclic amines) is 2. The van der Waals surface area contributed by atoms with Crippen molar-refractivity contribution in [1.29, 1.82) is 0 Å². The Labute approximate surface area is 342 Å². The normalized spacial score (nSPS) is 21.9. The quantitative estimate of drug-likeness (QED) is 0.204. The second-order valence-corrected chi connectivity index (χ2v) is 17.7. The molecule has 13 heteroatoms. The van der Waals surface area contributed by atoms with Crippen molar-refractivity contribution in [3.8, 4) is 11.4 Å². The number of hydrogen-bond acceptors (Lipinski definition) is 8. The number of carbonyl (C=O) groups is 4. The van der Waals surface area contributed by atoms with Gasteiger partial charge in [-0.2, -0.15) is 4.98 Å². The summed E-state index contributed by atoms with van der Waals surface area (Å²) in [4.78, 5) is 70.9. The summed E-state index contributed by atoms with van der Waals surface area (Å²) < 4.78 is 8.29. The van der Waals surface area contributed by atoms with Gasteiger partial charge in [0.15, 0.2) is 0 Å². The number of piperidine rings is 3. The molecule has 58 heavy (non-hydrogen) atoms. The highest BCUT2D eigenvalue weighted by molar-refractivity contribution is 6.35. The number of halogens is 1. The Hall–Kier alpha value is -5.07. The van der Waals surface area contributed by atoms with Crippen LogP contribution in [-0.2, 0) is 31.8 Å². The zero-order valence-corrected chi connectivity index (χ0v) is 34.1. The first kappa shape index (κ1) is 38.4. The van der Waals surface area contributed by atoms with Crippen molar-refractivity contribution in [3.63, 3.8) is 0 Å². The lowest BCUT2D eigenvalue weighted by molar-refractivity contribution is -0.137. The molecule has 3 fully saturated rings. The molecule has 3 aromatic carbocycles. The smallest absolute Gasteiger partial charge is 0.282 e. The molecular weight excluding hydrogens is 756 g/mol. The van der Waals surface area contributed by atoms with E-state index in [1.165, 1.54) is 23.1 Å². The van der Waals surface area contributed by atoms with Crippen LogP contribution in [0.4, 0.5) is 0 Å². The molecule has 1 spiro atoms. The van der Waals surface area contributed by atoms with Gasteiger partial charge in [0.25, 0.3) is 11.5 Å². The van der Waals surface area contributed by atoms with Crippen molar-refractivity contribution in [3.05, 3.63) is 97.5 Å². The van der Waals surface area contributed by atoms with Crippen LogP contribution < -0.4 is 15.6 Å². The number of nitrogens with one attached hydrogen (secondary N) is 1. The minimum atomic E-state index is -0.587. The second-order valence-electron chi connectivity index (χ2n) is 17.3. The Morgan fingerprint density at radius 1 is 0.966 bits per heavy atom. The van der Waals surface area contributed by atoms with Gasteiger partial charge >= 0.3 is 0 Å². The van der Waals surface area contributed by atoms with Crippen LogP contribution in [-0.4, -0.2) is 93.8 Å². The molecule has 7 heterocycles. The fourth-order valence-corrected chi connectivity index (χ4v) is 10.5. The molecule has 3 saturated heterocycles. The highest BCUT2D eigenvalue weighted by Crippen LogP contribution is 2.50. The van der Waals surface area contributed by atoms with E-state index in [1.807, 2.05) is 23.1 Å². The van der Waals surface area contributed by atoms with E-state index >= 15 is 0 Å². The van der Waals surface area contributed by atoms with Crippen LogP contribution in [0.2, 0.25) is 5.02 Å². The summed E-state index contributed by atoms with van der Waals surface area (Å²) in [6.45, 7) is 12.4. The number of benzene rings is 3. The maximum atomic E-state index is 13.0. The summed E-state index contributed by atoms with van der Waals surface area (Å²) in [5.74, 6) is 1.26. The number of imide groups is 1. The fourth-order valence-electron chi connectivity index (χ4n) is 10.3. The largest absolute Gasteiger partial charge is 0.492 e. The first-order valence-electron chi connectivity index (χ1n) is 20.7. The molecule has 6 aliphatic heterocycles. The van der Waals surface area contributed by atoms with Gasteiger partial charge in [0, 0.05) is 41.6 Å². The monoisotopic (exact) mass is 804 g/mol. The van der Waals surface area contributed by atoms with E-state index in [0.29, 0.717) is 41.5 Å². The molecule has 0 saturated carbocycles. The second kappa shape index (κ2) is 14.6. The molecule has 0 bridgehead atoms. The lowest BCUT2D eigenvalue weighted by atomic mass is 9.74. The van der Waals surface area contributed by atoms with E-state index < -0.39 is 6.04 Å². The lowest BCUT2D eigenvalue weighted by Gasteiger charge is -2.38. The van der Waals surface area contributed by atoms with Crippen molar-refractivity contribution >= 4 is 46.6 Å². The van der Waals surface area contributed by atoms with Crippen LogP contribution >= 0.6 is 11.6 Å². The third-order valence-corrected chi connectivity index (χ3v) is 13.9. The van der Waals surface area contributed by atoms with Crippen LogP contribution in [0.5, 0.6) is 5.75 Å². The van der Waals surface area contributed by atoms with E-state index in [1.54, 1.807) is 11.0 Å². The summed E-state index contributed by atoms with van der Waals surface area (Å²) in [6.07, 6.45) is 6.85. The lowest BCUT2D eigenvalue weighted by Crippen LogP contribution is -2.52. The molecular formula is C45H49ClN6O6. The van der Waals surface area contributed by atoms with Crippen molar-refractivity contribution in [2.75, 3.05) is 39.3 Å². The van der Waals surface area contributed by atoms with Gasteiger partial charge in [-0.15, -0.1) is 0 Å². The van der Waals surface area contributed by atoms with Crippen LogP contribution in [0, 0.1) is 0 Å². The molecule has 0 aliphatic carbocycles. The Morgan fingerprint density at radius 2 is 1.74 bits per heavy atom. The number of rotatable bonds is 5. The Morgan fingerprint density at radius 3 is 2.47 bits per heavy atom. The summed E-state index contributed by atoms with van der Waals surface area (Å²) >= 11 is 6.33. The Kier molecular flexibility index (Phi) is 9.70. The molecule has 0 radical (unpaired) electrons. The maximum absolute atomic E-state index is 13.0. The SMILES string of the molecule is CC1(C)c2cc(C3CCN(C=O)CC3)ccc2-n2c1nc(=O)c1c(Cl)cccc12.CCCN1CCC2(CC1)COc1c2ccc2c1CN(C1CCC(=O)NC1=O)C2=O. The summed E-state index contributed by atoms with van der Waals surface area (Å²) in [5.41, 5.74) is 6.46. The topological polar surface area (TPSA) is 134 Å². The molecule has 10 rings (SSSR count). The molecule has 1 aromatic heterocycles. The van der Waals surface area contributed by atoms with Crippen molar-refractivity contribution in [1.82, 2.24) is 29.6 Å². The Bertz CT molecular complexity index is 2430. The van der Waals surface area contributed by atoms with Crippen molar-refractivity contribution in [2.45, 2.75) is 95.1 Å². The van der Waals surface area contributed by atoms with E-state index in [9.17, 15) is 24.0 Å². The molecule has 1 atom stereocenters. The molecule has 1 N–H and O–H groups in total. The van der Waals surface area contributed by atoms with Gasteiger partial charge in [-0.25, -0.2) is 0 Å². The standard InChI is InChI=1S/C23H22ClN3O2.C22H27N3O4/c1-23(2)16-12-15(14-8-10-26(13-28)11-9-14)6-7-18(16)27-19-5-3-4-17(24)20(19)21(29)25-22(23)27;1-2-9-24-10-7-22(8-11-24)13-29-19-15-12-25(17-5-6-18(26)23-20(17)27)21(28)14(15)3-4-16(19)22/h3-7,12-14H,8-11H2,1-2H3;3-4,17H,2,5-13H2,1H3,(H,23,26,27). The molecule has 302 valence electrons. The molecule has 4 aromatic rings. The molecule has 1 unspecified atom stereocenters. The summed E-state index contributed by atoms with van der Waals surface area (Å²) in [6, 6.07) is 15.5. The van der Waals surface area contributed by atoms with Gasteiger partial charge < -0.3 is 19.4 Å². The summed E-state index contributed by atoms with van der Waals surface area (Å²) in [5, 5.41) is 3.25. The Balaban J connectivity index is 0.000000150. The number of carbonyl (C=O) groups excluding carboxylic acids is 4. The van der Waals surface area contributed by atoms with Crippen LogP contribution in [0.25, 0.3) is 16.6 Å². The number of ether oxygens (including phenoxy) is 1. The first-order valence-corrected chi connectivity index (χ1v) is 21.0. The van der Waals surface area contributed by atoms with Gasteiger partial charge in [-0.05, 0) is 113 Å². The number of aromatic nitrogens is 2. The fraction of sp³-hybridized carbons (Fsp3) is 0.467. The van der Waals surface area contributed by atoms with E-state index in [-0.39, 0.29) is 40.5 Å². The van der Waals surface area contributed by atoms with E-state index in [2.05, 4.69) is 64.8 Å². The first-order chi connectivity index (χ1) is 27.9. The van der Waals surface area contributed by atoms with Crippen LogP contribution in [0.1, 0.15) is 110 Å². The third kappa shape index (κ3) is 6.22. The summed E-state index contributed by atoms with van der Waals surface area (Å²) in [7, 11) is 0. The predicted octanol–water partition coefficient (Wildman–Crippen LogP) is 5.60. The average Bonchev–Trinajstić information content (AvgIpc) is 3.83. The van der Waals surface area contributed by atoms with Crippen LogP contribution in [0.3, 0.4) is 0 Å². The molecule has 12 nitrogen and oxygen atoms in total. The van der Waals surface area contributed by atoms with Crippen molar-refractivity contribution < 1.29 is 23.9 Å². The van der Waals surface area contributed by atoms with Gasteiger partial charge in [0.2, 0.25) is 18.2 Å². The van der Waals surface area contributed by atoms with Gasteiger partial charge in [-0.1, -0.05) is 42.8 Å². The highest BCUT2D eigenvalue weighted by Gasteiger charge is 2.47. The minimum absolute atomic E-state index is 0.0414. The van der Waals surface area contributed by atoms with Gasteiger partial charge in [-0.3, -0.25) is 33.9 Å². The van der Waals surface area contributed by atoms with E-state index in [0.717, 1.165) is 93.2 Å². The number of hydrogen-bond donors (Lipinski definition) is 1. The number of nitrogens with zero attached hydrogens (tertiary/aromatic N) is 5. The van der Waals surface area contributed by atoms with Crippen LogP contribution in [0.15, 0.2) is 53.3 Å². The predicted molar refractivity (Wildman–Crippen MR) is 220 cm³/mol.